The maximum atomic E-state index is 13.6. The Labute approximate surface area is 232 Å². The monoisotopic (exact) mass is 544 g/mol. The van der Waals surface area contributed by atoms with Crippen molar-refractivity contribution >= 4 is 39.1 Å². The van der Waals surface area contributed by atoms with Crippen LogP contribution in [0.4, 0.5) is 5.69 Å². The molecule has 1 saturated heterocycles. The largest absolute Gasteiger partial charge is 0.377 e. The summed E-state index contributed by atoms with van der Waals surface area (Å²) in [4.78, 5) is 20.5. The van der Waals surface area contributed by atoms with Crippen LogP contribution >= 0.6 is 11.6 Å². The number of anilines is 1. The first-order valence-corrected chi connectivity index (χ1v) is 13.7. The zero-order chi connectivity index (χ0) is 27.4. The Kier molecular flexibility index (Phi) is 6.43. The highest BCUT2D eigenvalue weighted by molar-refractivity contribution is 6.29. The predicted octanol–water partition coefficient (Wildman–Crippen LogP) is 5.09. The minimum absolute atomic E-state index is 0.0347. The van der Waals surface area contributed by atoms with Gasteiger partial charge in [0.05, 0.1) is 23.6 Å². The first kappa shape index (κ1) is 25.6. The van der Waals surface area contributed by atoms with Crippen molar-refractivity contribution < 1.29 is 0 Å². The third kappa shape index (κ3) is 4.59. The zero-order valence-electron chi connectivity index (χ0n) is 22.9. The highest BCUT2D eigenvalue weighted by atomic mass is 35.5. The van der Waals surface area contributed by atoms with Crippen molar-refractivity contribution in [2.45, 2.75) is 38.8 Å². The molecule has 0 spiro atoms. The van der Waals surface area contributed by atoms with E-state index in [4.69, 9.17) is 16.7 Å². The minimum Gasteiger partial charge on any atom is -0.377 e. The summed E-state index contributed by atoms with van der Waals surface area (Å²) in [5.41, 5.74) is 5.21. The SMILES string of the molecule is Cc1cc(C(C)Nc2ccc(Cl)nc2-c2cnn(C)c2)c2c(c1)c(=O)n(C)c1nn(C3CCN(C)CC3)cc21. The van der Waals surface area contributed by atoms with Crippen LogP contribution in [0.5, 0.6) is 0 Å². The van der Waals surface area contributed by atoms with Crippen LogP contribution in [0.25, 0.3) is 33.1 Å². The van der Waals surface area contributed by atoms with Crippen LogP contribution in [-0.4, -0.2) is 54.1 Å². The Balaban J connectivity index is 1.49. The van der Waals surface area contributed by atoms with Gasteiger partial charge < -0.3 is 10.2 Å². The van der Waals surface area contributed by atoms with E-state index >= 15 is 0 Å². The molecular weight excluding hydrogens is 512 g/mol. The first-order valence-electron chi connectivity index (χ1n) is 13.3. The van der Waals surface area contributed by atoms with Crippen molar-refractivity contribution in [1.29, 1.82) is 0 Å². The van der Waals surface area contributed by atoms with E-state index in [0.717, 1.165) is 64.8 Å². The van der Waals surface area contributed by atoms with Gasteiger partial charge in [-0.15, -0.1) is 0 Å². The number of pyridine rings is 2. The number of aryl methyl sites for hydroxylation is 3. The molecule has 0 aliphatic carbocycles. The lowest BCUT2D eigenvalue weighted by Gasteiger charge is -2.28. The Morgan fingerprint density at radius 3 is 2.56 bits per heavy atom. The summed E-state index contributed by atoms with van der Waals surface area (Å²) in [5, 5.41) is 16.0. The lowest BCUT2D eigenvalue weighted by Crippen LogP contribution is -2.31. The molecule has 1 atom stereocenters. The Hall–Kier alpha value is -3.69. The van der Waals surface area contributed by atoms with E-state index in [0.29, 0.717) is 22.2 Å². The van der Waals surface area contributed by atoms with Gasteiger partial charge >= 0.3 is 0 Å². The van der Waals surface area contributed by atoms with Crippen molar-refractivity contribution in [3.63, 3.8) is 0 Å². The van der Waals surface area contributed by atoms with Gasteiger partial charge in [0.25, 0.3) is 5.56 Å². The van der Waals surface area contributed by atoms with E-state index in [1.807, 2.05) is 39.3 Å². The number of aromatic nitrogens is 6. The molecule has 0 amide bonds. The number of nitrogens with one attached hydrogen (secondary N) is 1. The average molecular weight is 545 g/mol. The lowest BCUT2D eigenvalue weighted by atomic mass is 9.95. The second-order valence-electron chi connectivity index (χ2n) is 10.8. The predicted molar refractivity (Wildman–Crippen MR) is 156 cm³/mol. The third-order valence-corrected chi connectivity index (χ3v) is 8.10. The van der Waals surface area contributed by atoms with E-state index in [1.165, 1.54) is 0 Å². The van der Waals surface area contributed by atoms with E-state index in [9.17, 15) is 4.79 Å². The molecule has 1 N–H and O–H groups in total. The quantitative estimate of drug-likeness (QED) is 0.310. The molecule has 6 rings (SSSR count). The van der Waals surface area contributed by atoms with Crippen LogP contribution in [0.2, 0.25) is 5.15 Å². The molecular formula is C29H33ClN8O. The lowest BCUT2D eigenvalue weighted by molar-refractivity contribution is 0.213. The van der Waals surface area contributed by atoms with Gasteiger partial charge in [-0.25, -0.2) is 4.98 Å². The molecule has 202 valence electrons. The van der Waals surface area contributed by atoms with Gasteiger partial charge in [0, 0.05) is 54.3 Å². The van der Waals surface area contributed by atoms with Crippen molar-refractivity contribution in [2.24, 2.45) is 14.1 Å². The summed E-state index contributed by atoms with van der Waals surface area (Å²) >= 11 is 6.28. The summed E-state index contributed by atoms with van der Waals surface area (Å²) in [6.45, 7) is 6.23. The average Bonchev–Trinajstić information content (AvgIpc) is 3.55. The first-order chi connectivity index (χ1) is 18.7. The van der Waals surface area contributed by atoms with Gasteiger partial charge in [0.2, 0.25) is 0 Å². The Bertz CT molecular complexity index is 1760. The highest BCUT2D eigenvalue weighted by Crippen LogP contribution is 2.35. The van der Waals surface area contributed by atoms with E-state index in [1.54, 1.807) is 21.5 Å². The van der Waals surface area contributed by atoms with Crippen LogP contribution in [0, 0.1) is 6.92 Å². The number of fused-ring (bicyclic) bond motifs is 3. The summed E-state index contributed by atoms with van der Waals surface area (Å²) < 4.78 is 5.52. The number of likely N-dealkylation sites (tertiary alicyclic amines) is 1. The fourth-order valence-electron chi connectivity index (χ4n) is 5.78. The molecule has 1 aliphatic heterocycles. The second kappa shape index (κ2) is 9.81. The van der Waals surface area contributed by atoms with Gasteiger partial charge in [-0.05, 0) is 76.2 Å². The molecule has 0 bridgehead atoms. The molecule has 4 aromatic heterocycles. The van der Waals surface area contributed by atoms with Crippen LogP contribution in [0.3, 0.4) is 0 Å². The third-order valence-electron chi connectivity index (χ3n) is 7.89. The second-order valence-corrected chi connectivity index (χ2v) is 11.2. The molecule has 10 heteroatoms. The molecule has 1 aliphatic rings. The van der Waals surface area contributed by atoms with Gasteiger partial charge in [-0.3, -0.25) is 18.7 Å². The number of nitrogens with zero attached hydrogens (tertiary/aromatic N) is 7. The van der Waals surface area contributed by atoms with Crippen molar-refractivity contribution in [2.75, 3.05) is 25.5 Å². The molecule has 1 fully saturated rings. The highest BCUT2D eigenvalue weighted by Gasteiger charge is 2.24. The van der Waals surface area contributed by atoms with Crippen molar-refractivity contribution in [1.82, 2.24) is 34.0 Å². The minimum atomic E-state index is -0.132. The number of hydrogen-bond donors (Lipinski definition) is 1. The smallest absolute Gasteiger partial charge is 0.259 e. The van der Waals surface area contributed by atoms with Gasteiger partial charge in [-0.1, -0.05) is 17.7 Å². The molecule has 9 nitrogen and oxygen atoms in total. The molecule has 0 radical (unpaired) electrons. The van der Waals surface area contributed by atoms with Crippen molar-refractivity contribution in [3.8, 4) is 11.3 Å². The Morgan fingerprint density at radius 2 is 1.85 bits per heavy atom. The molecule has 39 heavy (non-hydrogen) atoms. The normalized spacial score (nSPS) is 15.8. The number of halogens is 1. The summed E-state index contributed by atoms with van der Waals surface area (Å²) in [5.74, 6) is 0. The fraction of sp³-hybridized carbons (Fsp3) is 0.379. The van der Waals surface area contributed by atoms with Crippen LogP contribution in [0.15, 0.2) is 47.7 Å². The number of piperidine rings is 1. The summed E-state index contributed by atoms with van der Waals surface area (Å²) in [6, 6.07) is 8.08. The Morgan fingerprint density at radius 1 is 1.08 bits per heavy atom. The fourth-order valence-corrected chi connectivity index (χ4v) is 5.93. The number of hydrogen-bond acceptors (Lipinski definition) is 6. The van der Waals surface area contributed by atoms with Gasteiger partial charge in [0.1, 0.15) is 5.15 Å². The molecule has 1 aromatic carbocycles. The van der Waals surface area contributed by atoms with Gasteiger partial charge in [0.15, 0.2) is 5.65 Å². The van der Waals surface area contributed by atoms with E-state index in [2.05, 4.69) is 51.2 Å². The topological polar surface area (TPSA) is 85.8 Å². The van der Waals surface area contributed by atoms with Crippen molar-refractivity contribution in [3.05, 3.63) is 69.5 Å². The molecule has 5 heterocycles. The number of rotatable bonds is 5. The molecule has 0 saturated carbocycles. The molecule has 5 aromatic rings. The van der Waals surface area contributed by atoms with Crippen LogP contribution < -0.4 is 10.9 Å². The summed E-state index contributed by atoms with van der Waals surface area (Å²) in [7, 11) is 5.85. The molecule has 1 unspecified atom stereocenters. The van der Waals surface area contributed by atoms with E-state index in [-0.39, 0.29) is 11.6 Å². The number of benzene rings is 1. The maximum Gasteiger partial charge on any atom is 0.259 e. The standard InChI is InChI=1S/C29H33ClN8O/c1-17-12-21(18(2)32-24-6-7-25(30)33-27(24)19-14-31-36(4)15-19)26-22(13-17)29(39)37(5)28-23(26)16-38(34-28)20-8-10-35(3)11-9-20/h6-7,12-16,18,20,32H,8-11H2,1-5H3. The maximum absolute atomic E-state index is 13.6. The zero-order valence-corrected chi connectivity index (χ0v) is 23.7. The van der Waals surface area contributed by atoms with Gasteiger partial charge in [-0.2, -0.15) is 10.2 Å². The van der Waals surface area contributed by atoms with Crippen LogP contribution in [0.1, 0.15) is 43.0 Å². The van der Waals surface area contributed by atoms with Crippen LogP contribution in [-0.2, 0) is 14.1 Å². The summed E-state index contributed by atoms with van der Waals surface area (Å²) in [6.07, 6.45) is 7.92. The van der Waals surface area contributed by atoms with E-state index < -0.39 is 0 Å².